The molecule has 3 heterocycles. The number of esters is 1. The minimum absolute atomic E-state index is 0.0607. The number of amides is 1. The van der Waals surface area contributed by atoms with E-state index in [4.69, 9.17) is 20.8 Å². The summed E-state index contributed by atoms with van der Waals surface area (Å²) in [4.78, 5) is 26.8. The molecule has 0 saturated carbocycles. The van der Waals surface area contributed by atoms with Crippen LogP contribution in [-0.2, 0) is 22.5 Å². The fourth-order valence-corrected chi connectivity index (χ4v) is 4.13. The van der Waals surface area contributed by atoms with E-state index in [1.54, 1.807) is 17.1 Å². The summed E-state index contributed by atoms with van der Waals surface area (Å²) in [5.41, 5.74) is 1.20. The van der Waals surface area contributed by atoms with Crippen LogP contribution in [0.4, 0.5) is 0 Å². The van der Waals surface area contributed by atoms with Gasteiger partial charge < -0.3 is 14.5 Å². The van der Waals surface area contributed by atoms with Crippen molar-refractivity contribution in [3.05, 3.63) is 70.9 Å². The van der Waals surface area contributed by atoms with Crippen molar-refractivity contribution in [3.63, 3.8) is 0 Å². The molecule has 3 aromatic rings. The Labute approximate surface area is 190 Å². The zero-order valence-corrected chi connectivity index (χ0v) is 18.4. The highest BCUT2D eigenvalue weighted by Gasteiger charge is 2.38. The van der Waals surface area contributed by atoms with E-state index < -0.39 is 5.97 Å². The van der Waals surface area contributed by atoms with Gasteiger partial charge in [0.15, 0.2) is 5.69 Å². The van der Waals surface area contributed by atoms with Gasteiger partial charge in [-0.25, -0.2) is 9.48 Å². The lowest BCUT2D eigenvalue weighted by atomic mass is 10.1. The Bertz CT molecular complexity index is 1070. The molecule has 1 fully saturated rings. The van der Waals surface area contributed by atoms with Crippen LogP contribution in [0.1, 0.15) is 34.3 Å². The van der Waals surface area contributed by atoms with Crippen molar-refractivity contribution in [1.82, 2.24) is 25.2 Å². The van der Waals surface area contributed by atoms with Crippen molar-refractivity contribution in [1.29, 1.82) is 0 Å². The number of halogens is 1. The Morgan fingerprint density at radius 2 is 2.19 bits per heavy atom. The van der Waals surface area contributed by atoms with Gasteiger partial charge >= 0.3 is 5.97 Å². The van der Waals surface area contributed by atoms with Crippen LogP contribution in [-0.4, -0.2) is 58.0 Å². The van der Waals surface area contributed by atoms with Crippen LogP contribution in [0.3, 0.4) is 0 Å². The van der Waals surface area contributed by atoms with Crippen molar-refractivity contribution >= 4 is 23.5 Å². The first-order chi connectivity index (χ1) is 15.5. The second-order valence-electron chi connectivity index (χ2n) is 7.66. The third kappa shape index (κ3) is 5.17. The van der Waals surface area contributed by atoms with E-state index in [-0.39, 0.29) is 23.7 Å². The number of furan rings is 1. The van der Waals surface area contributed by atoms with E-state index in [9.17, 15) is 9.59 Å². The third-order valence-electron chi connectivity index (χ3n) is 5.50. The average molecular weight is 458 g/mol. The fraction of sp³-hybridized carbons (Fsp3) is 0.364. The van der Waals surface area contributed by atoms with E-state index in [0.717, 1.165) is 11.3 Å². The van der Waals surface area contributed by atoms with Gasteiger partial charge in [0.2, 0.25) is 5.91 Å². The normalized spacial score (nSPS) is 18.6. The summed E-state index contributed by atoms with van der Waals surface area (Å²) < 4.78 is 11.8. The molecule has 0 bridgehead atoms. The molecule has 4 rings (SSSR count). The number of nitrogens with one attached hydrogen (secondary N) is 1. The minimum Gasteiger partial charge on any atom is -0.468 e. The maximum atomic E-state index is 13.0. The number of hydrogen-bond acceptors (Lipinski definition) is 7. The molecule has 168 valence electrons. The summed E-state index contributed by atoms with van der Waals surface area (Å²) in [5.74, 6) is 0.169. The van der Waals surface area contributed by atoms with Gasteiger partial charge in [-0.2, -0.15) is 0 Å². The molecular formula is C22H24ClN5O4. The summed E-state index contributed by atoms with van der Waals surface area (Å²) in [7, 11) is 1.30. The van der Waals surface area contributed by atoms with E-state index in [1.807, 2.05) is 36.4 Å². The smallest absolute Gasteiger partial charge is 0.360 e. The van der Waals surface area contributed by atoms with Gasteiger partial charge in [-0.15, -0.1) is 5.10 Å². The van der Waals surface area contributed by atoms with Gasteiger partial charge in [0.1, 0.15) is 5.76 Å². The average Bonchev–Trinajstić information content (AvgIpc) is 3.54. The number of carbonyl (C=O) groups excluding carboxylic acids is 2. The van der Waals surface area contributed by atoms with Crippen LogP contribution in [0.15, 0.2) is 53.3 Å². The first-order valence-electron chi connectivity index (χ1n) is 10.3. The molecule has 1 saturated heterocycles. The van der Waals surface area contributed by atoms with E-state index >= 15 is 0 Å². The monoisotopic (exact) mass is 457 g/mol. The van der Waals surface area contributed by atoms with Crippen LogP contribution >= 0.6 is 11.6 Å². The van der Waals surface area contributed by atoms with Gasteiger partial charge in [-0.05, 0) is 42.7 Å². The predicted molar refractivity (Wildman–Crippen MR) is 116 cm³/mol. The number of aromatic nitrogens is 3. The molecule has 1 aromatic carbocycles. The number of carbonyl (C=O) groups is 2. The molecule has 0 unspecified atom stereocenters. The van der Waals surface area contributed by atoms with Crippen LogP contribution in [0.5, 0.6) is 0 Å². The molecule has 0 radical (unpaired) electrons. The van der Waals surface area contributed by atoms with Crippen molar-refractivity contribution in [2.45, 2.75) is 31.5 Å². The number of hydrogen-bond donors (Lipinski definition) is 1. The van der Waals surface area contributed by atoms with Crippen LogP contribution in [0.2, 0.25) is 5.02 Å². The van der Waals surface area contributed by atoms with Crippen molar-refractivity contribution < 1.29 is 18.7 Å². The largest absolute Gasteiger partial charge is 0.468 e. The predicted octanol–water partition coefficient (Wildman–Crippen LogP) is 2.49. The summed E-state index contributed by atoms with van der Waals surface area (Å²) in [6, 6.07) is 10.8. The standard InChI is InChI=1S/C22H24ClN5O4/c1-31-22(30)19-14-28(26-25-19)17-11-20(27(12-17)13-18-6-3-9-32-18)21(29)24-8-7-15-4-2-5-16(23)10-15/h2-6,9-10,14,17,20H,7-8,11-13H2,1H3,(H,24,29)/t17-,20-/m0/s1. The van der Waals surface area contributed by atoms with E-state index in [2.05, 4.69) is 20.5 Å². The Kier molecular flexibility index (Phi) is 6.87. The zero-order valence-electron chi connectivity index (χ0n) is 17.6. The third-order valence-corrected chi connectivity index (χ3v) is 5.74. The van der Waals surface area contributed by atoms with Gasteiger partial charge in [0.25, 0.3) is 0 Å². The molecule has 0 spiro atoms. The molecule has 1 amide bonds. The maximum absolute atomic E-state index is 13.0. The Balaban J connectivity index is 1.43. The number of likely N-dealkylation sites (tertiary alicyclic amines) is 1. The molecule has 1 N–H and O–H groups in total. The van der Waals surface area contributed by atoms with Crippen molar-refractivity contribution in [2.75, 3.05) is 20.2 Å². The van der Waals surface area contributed by atoms with Crippen LogP contribution < -0.4 is 5.32 Å². The van der Waals surface area contributed by atoms with Crippen LogP contribution in [0.25, 0.3) is 0 Å². The lowest BCUT2D eigenvalue weighted by molar-refractivity contribution is -0.125. The first-order valence-corrected chi connectivity index (χ1v) is 10.7. The zero-order chi connectivity index (χ0) is 22.5. The number of ether oxygens (including phenoxy) is 1. The van der Waals surface area contributed by atoms with Crippen molar-refractivity contribution in [2.24, 2.45) is 0 Å². The minimum atomic E-state index is -0.544. The molecular weight excluding hydrogens is 434 g/mol. The van der Waals surface area contributed by atoms with Gasteiger partial charge in [-0.3, -0.25) is 9.69 Å². The topological polar surface area (TPSA) is 102 Å². The highest BCUT2D eigenvalue weighted by atomic mass is 35.5. The quantitative estimate of drug-likeness (QED) is 0.518. The number of benzene rings is 1. The van der Waals surface area contributed by atoms with Gasteiger partial charge in [0, 0.05) is 18.1 Å². The molecule has 9 nitrogen and oxygen atoms in total. The molecule has 0 aliphatic carbocycles. The Morgan fingerprint density at radius 3 is 2.94 bits per heavy atom. The lowest BCUT2D eigenvalue weighted by Gasteiger charge is -2.22. The number of rotatable bonds is 8. The molecule has 2 atom stereocenters. The second-order valence-corrected chi connectivity index (χ2v) is 8.10. The highest BCUT2D eigenvalue weighted by Crippen LogP contribution is 2.29. The Morgan fingerprint density at radius 1 is 1.31 bits per heavy atom. The molecule has 32 heavy (non-hydrogen) atoms. The summed E-state index contributed by atoms with van der Waals surface area (Å²) >= 11 is 6.04. The number of methoxy groups -OCH3 is 1. The summed E-state index contributed by atoms with van der Waals surface area (Å²) in [6.45, 7) is 1.57. The Hall–Kier alpha value is -3.17. The fourth-order valence-electron chi connectivity index (χ4n) is 3.91. The highest BCUT2D eigenvalue weighted by molar-refractivity contribution is 6.30. The summed E-state index contributed by atoms with van der Waals surface area (Å²) in [6.07, 6.45) is 4.39. The van der Waals surface area contributed by atoms with E-state index in [1.165, 1.54) is 7.11 Å². The second kappa shape index (κ2) is 9.97. The molecule has 10 heteroatoms. The summed E-state index contributed by atoms with van der Waals surface area (Å²) in [5, 5.41) is 11.7. The molecule has 1 aliphatic rings. The van der Waals surface area contributed by atoms with Gasteiger partial charge in [0.05, 0.1) is 38.2 Å². The first kappa shape index (κ1) is 22.0. The molecule has 2 aromatic heterocycles. The SMILES string of the molecule is COC(=O)c1cn([C@H]2C[C@@H](C(=O)NCCc3cccc(Cl)c3)N(Cc3ccco3)C2)nn1. The lowest BCUT2D eigenvalue weighted by Crippen LogP contribution is -2.43. The van der Waals surface area contributed by atoms with Gasteiger partial charge in [-0.1, -0.05) is 28.9 Å². The molecule has 1 aliphatic heterocycles. The van der Waals surface area contributed by atoms with E-state index in [0.29, 0.717) is 37.5 Å². The maximum Gasteiger partial charge on any atom is 0.360 e. The van der Waals surface area contributed by atoms with Crippen LogP contribution in [0, 0.1) is 0 Å². The number of nitrogens with zero attached hydrogens (tertiary/aromatic N) is 4. The van der Waals surface area contributed by atoms with Crippen molar-refractivity contribution in [3.8, 4) is 0 Å².